The molecule has 1 aliphatic carbocycles. The van der Waals surface area contributed by atoms with E-state index in [1.165, 1.54) is 6.07 Å². The smallest absolute Gasteiger partial charge is 0.166 e. The van der Waals surface area contributed by atoms with Crippen LogP contribution in [0.15, 0.2) is 18.2 Å². The molecule has 2 rings (SSSR count). The average Bonchev–Trinajstić information content (AvgIpc) is 2.29. The van der Waals surface area contributed by atoms with Gasteiger partial charge in [-0.2, -0.15) is 0 Å². The molecule has 0 aliphatic heterocycles. The Morgan fingerprint density at radius 2 is 2.25 bits per heavy atom. The van der Waals surface area contributed by atoms with Gasteiger partial charge in [-0.15, -0.1) is 0 Å². The molecular formula is C10H9FO. The van der Waals surface area contributed by atoms with Gasteiger partial charge in [0, 0.05) is 6.42 Å². The highest BCUT2D eigenvalue weighted by Gasteiger charge is 2.28. The van der Waals surface area contributed by atoms with Gasteiger partial charge in [-0.25, -0.2) is 4.39 Å². The number of halogens is 1. The number of hydrogen-bond acceptors (Lipinski definition) is 1. The molecule has 0 saturated heterocycles. The Kier molecular flexibility index (Phi) is 1.50. The molecule has 2 heteroatoms. The van der Waals surface area contributed by atoms with Crippen LogP contribution in [0.4, 0.5) is 4.39 Å². The second-order valence-electron chi connectivity index (χ2n) is 3.23. The van der Waals surface area contributed by atoms with Gasteiger partial charge in [0.2, 0.25) is 0 Å². The fourth-order valence-electron chi connectivity index (χ4n) is 1.74. The first-order chi connectivity index (χ1) is 5.70. The molecule has 0 radical (unpaired) electrons. The van der Waals surface area contributed by atoms with Crippen LogP contribution in [0.1, 0.15) is 35.2 Å². The van der Waals surface area contributed by atoms with Crippen molar-refractivity contribution in [2.75, 3.05) is 0 Å². The Labute approximate surface area is 70.2 Å². The number of ketones is 1. The molecule has 1 aromatic carbocycles. The van der Waals surface area contributed by atoms with Crippen LogP contribution in [-0.2, 0) is 0 Å². The lowest BCUT2D eigenvalue weighted by Gasteiger charge is -2.01. The highest BCUT2D eigenvalue weighted by Crippen LogP contribution is 2.33. The number of Topliss-reactive ketones (excluding diaryl/α,β-unsaturated/α-hetero) is 1. The van der Waals surface area contributed by atoms with Crippen molar-refractivity contribution < 1.29 is 9.18 Å². The zero-order valence-corrected chi connectivity index (χ0v) is 6.80. The number of fused-ring (bicyclic) bond motifs is 1. The van der Waals surface area contributed by atoms with E-state index in [1.807, 2.05) is 13.0 Å². The molecule has 0 aromatic heterocycles. The Morgan fingerprint density at radius 3 is 2.92 bits per heavy atom. The summed E-state index contributed by atoms with van der Waals surface area (Å²) in [5, 5.41) is 0. The Bertz CT molecular complexity index is 344. The second-order valence-corrected chi connectivity index (χ2v) is 3.23. The predicted octanol–water partition coefficient (Wildman–Crippen LogP) is 2.52. The van der Waals surface area contributed by atoms with E-state index >= 15 is 0 Å². The molecule has 0 N–H and O–H groups in total. The van der Waals surface area contributed by atoms with Crippen LogP contribution in [0.5, 0.6) is 0 Å². The van der Waals surface area contributed by atoms with Gasteiger partial charge in [0.05, 0.1) is 5.56 Å². The molecule has 0 heterocycles. The minimum absolute atomic E-state index is 0.0596. The number of benzene rings is 1. The first kappa shape index (κ1) is 7.47. The van der Waals surface area contributed by atoms with Crippen LogP contribution < -0.4 is 0 Å². The van der Waals surface area contributed by atoms with E-state index in [4.69, 9.17) is 0 Å². The fraction of sp³-hybridized carbons (Fsp3) is 0.300. The quantitative estimate of drug-likeness (QED) is 0.575. The first-order valence-electron chi connectivity index (χ1n) is 4.01. The molecule has 62 valence electrons. The maximum Gasteiger partial charge on any atom is 0.166 e. The molecule has 1 aliphatic rings. The van der Waals surface area contributed by atoms with Crippen molar-refractivity contribution in [2.45, 2.75) is 19.3 Å². The maximum atomic E-state index is 13.1. The van der Waals surface area contributed by atoms with Crippen molar-refractivity contribution in [1.29, 1.82) is 0 Å². The van der Waals surface area contributed by atoms with Crippen LogP contribution in [0.2, 0.25) is 0 Å². The van der Waals surface area contributed by atoms with Gasteiger partial charge in [-0.1, -0.05) is 19.1 Å². The topological polar surface area (TPSA) is 17.1 Å². The fourth-order valence-corrected chi connectivity index (χ4v) is 1.74. The number of carbonyl (C=O) groups is 1. The van der Waals surface area contributed by atoms with Gasteiger partial charge in [0.25, 0.3) is 0 Å². The van der Waals surface area contributed by atoms with Crippen molar-refractivity contribution in [3.05, 3.63) is 35.1 Å². The highest BCUT2D eigenvalue weighted by atomic mass is 19.1. The van der Waals surface area contributed by atoms with Crippen LogP contribution in [0.3, 0.4) is 0 Å². The van der Waals surface area contributed by atoms with E-state index in [1.54, 1.807) is 6.07 Å². The van der Waals surface area contributed by atoms with Crippen LogP contribution in [0.25, 0.3) is 0 Å². The molecule has 1 nitrogen and oxygen atoms in total. The van der Waals surface area contributed by atoms with Gasteiger partial charge >= 0.3 is 0 Å². The zero-order valence-electron chi connectivity index (χ0n) is 6.80. The minimum Gasteiger partial charge on any atom is -0.294 e. The zero-order chi connectivity index (χ0) is 8.72. The van der Waals surface area contributed by atoms with Gasteiger partial charge in [0.15, 0.2) is 5.78 Å². The van der Waals surface area contributed by atoms with Gasteiger partial charge in [-0.05, 0) is 17.5 Å². The van der Waals surface area contributed by atoms with Crippen LogP contribution in [0, 0.1) is 5.82 Å². The van der Waals surface area contributed by atoms with Crippen LogP contribution in [-0.4, -0.2) is 5.78 Å². The summed E-state index contributed by atoms with van der Waals surface area (Å²) in [5.74, 6) is -0.249. The number of rotatable bonds is 0. The normalized spacial score (nSPS) is 21.2. The third kappa shape index (κ3) is 0.876. The van der Waals surface area contributed by atoms with E-state index in [-0.39, 0.29) is 17.5 Å². The van der Waals surface area contributed by atoms with Crippen molar-refractivity contribution >= 4 is 5.78 Å². The van der Waals surface area contributed by atoms with E-state index in [2.05, 4.69) is 0 Å². The number of hydrogen-bond donors (Lipinski definition) is 0. The summed E-state index contributed by atoms with van der Waals surface area (Å²) in [6.07, 6.45) is 0.455. The molecule has 1 atom stereocenters. The maximum absolute atomic E-state index is 13.1. The molecule has 0 amide bonds. The van der Waals surface area contributed by atoms with Crippen molar-refractivity contribution in [1.82, 2.24) is 0 Å². The minimum atomic E-state index is -0.373. The molecule has 1 aromatic rings. The second kappa shape index (κ2) is 2.41. The van der Waals surface area contributed by atoms with E-state index in [0.717, 1.165) is 5.56 Å². The van der Waals surface area contributed by atoms with E-state index < -0.39 is 0 Å². The summed E-state index contributed by atoms with van der Waals surface area (Å²) in [7, 11) is 0. The SMILES string of the molecule is CC1CC(=O)c2c(F)cccc21. The van der Waals surface area contributed by atoms with Gasteiger partial charge in [-0.3, -0.25) is 4.79 Å². The Morgan fingerprint density at radius 1 is 1.50 bits per heavy atom. The van der Waals surface area contributed by atoms with Gasteiger partial charge in [0.1, 0.15) is 5.82 Å². The summed E-state index contributed by atoms with van der Waals surface area (Å²) in [4.78, 5) is 11.3. The van der Waals surface area contributed by atoms with Crippen molar-refractivity contribution in [2.24, 2.45) is 0 Å². The van der Waals surface area contributed by atoms with E-state index in [0.29, 0.717) is 12.0 Å². The largest absolute Gasteiger partial charge is 0.294 e. The third-order valence-electron chi connectivity index (χ3n) is 2.35. The Hall–Kier alpha value is -1.18. The summed E-state index contributed by atoms with van der Waals surface area (Å²) >= 11 is 0. The number of carbonyl (C=O) groups excluding carboxylic acids is 1. The third-order valence-corrected chi connectivity index (χ3v) is 2.35. The van der Waals surface area contributed by atoms with Crippen LogP contribution >= 0.6 is 0 Å². The lowest BCUT2D eigenvalue weighted by Crippen LogP contribution is -1.95. The lowest BCUT2D eigenvalue weighted by atomic mass is 10.0. The molecule has 1 unspecified atom stereocenters. The molecule has 0 spiro atoms. The summed E-state index contributed by atoms with van der Waals surface area (Å²) in [5.41, 5.74) is 1.17. The van der Waals surface area contributed by atoms with Gasteiger partial charge < -0.3 is 0 Å². The van der Waals surface area contributed by atoms with Crippen molar-refractivity contribution in [3.8, 4) is 0 Å². The molecule has 0 saturated carbocycles. The molecule has 12 heavy (non-hydrogen) atoms. The summed E-state index contributed by atoms with van der Waals surface area (Å²) < 4.78 is 13.1. The Balaban J connectivity index is 2.67. The molecule has 0 fully saturated rings. The molecular weight excluding hydrogens is 155 g/mol. The highest BCUT2D eigenvalue weighted by molar-refractivity contribution is 6.01. The lowest BCUT2D eigenvalue weighted by molar-refractivity contribution is 0.0987. The monoisotopic (exact) mass is 164 g/mol. The van der Waals surface area contributed by atoms with E-state index in [9.17, 15) is 9.18 Å². The first-order valence-corrected chi connectivity index (χ1v) is 4.01. The predicted molar refractivity (Wildman–Crippen MR) is 43.8 cm³/mol. The summed E-state index contributed by atoms with van der Waals surface area (Å²) in [6, 6.07) is 4.83. The standard InChI is InChI=1S/C10H9FO/c1-6-5-9(12)10-7(6)3-2-4-8(10)11/h2-4,6H,5H2,1H3. The van der Waals surface area contributed by atoms with Crippen molar-refractivity contribution in [3.63, 3.8) is 0 Å². The average molecular weight is 164 g/mol. The summed E-state index contributed by atoms with van der Waals surface area (Å²) in [6.45, 7) is 1.95. The molecule has 0 bridgehead atoms.